The third kappa shape index (κ3) is 4.79. The van der Waals surface area contributed by atoms with Gasteiger partial charge in [-0.1, -0.05) is 18.2 Å². The lowest BCUT2D eigenvalue weighted by atomic mass is 10.1. The number of nitrogens with one attached hydrogen (secondary N) is 3. The molecule has 1 amide bonds. The maximum atomic E-state index is 12.5. The lowest BCUT2D eigenvalue weighted by molar-refractivity contribution is 0.0506. The third-order valence-corrected chi connectivity index (χ3v) is 4.87. The Balaban J connectivity index is 1.56. The van der Waals surface area contributed by atoms with E-state index in [0.717, 1.165) is 18.7 Å². The molecule has 9 nitrogen and oxygen atoms in total. The second-order valence-electron chi connectivity index (χ2n) is 7.00. The minimum Gasteiger partial charge on any atom is -0.461 e. The summed E-state index contributed by atoms with van der Waals surface area (Å²) in [6.45, 7) is 4.38. The summed E-state index contributed by atoms with van der Waals surface area (Å²) in [5.74, 6) is -0.689. The fourth-order valence-electron chi connectivity index (χ4n) is 3.36. The van der Waals surface area contributed by atoms with Crippen molar-refractivity contribution in [3.8, 4) is 11.3 Å². The second-order valence-corrected chi connectivity index (χ2v) is 7.00. The van der Waals surface area contributed by atoms with Gasteiger partial charge in [0, 0.05) is 37.1 Å². The molecule has 0 spiro atoms. The summed E-state index contributed by atoms with van der Waals surface area (Å²) in [7, 11) is 0. The summed E-state index contributed by atoms with van der Waals surface area (Å²) < 4.78 is 6.89. The summed E-state index contributed by atoms with van der Waals surface area (Å²) in [6.07, 6.45) is 1.44. The highest BCUT2D eigenvalue weighted by molar-refractivity contribution is 6.02. The zero-order valence-corrected chi connectivity index (χ0v) is 17.2. The lowest BCUT2D eigenvalue weighted by Gasteiger charge is -2.25. The maximum absolute atomic E-state index is 12.5. The van der Waals surface area contributed by atoms with Crippen LogP contribution in [0.1, 0.15) is 34.1 Å². The highest BCUT2D eigenvalue weighted by Crippen LogP contribution is 2.24. The van der Waals surface area contributed by atoms with Crippen molar-refractivity contribution in [3.05, 3.63) is 66.1 Å². The number of carbonyl (C=O) groups excluding carboxylic acids is 2. The molecule has 3 heterocycles. The van der Waals surface area contributed by atoms with Gasteiger partial charge < -0.3 is 15.4 Å². The first-order valence-electron chi connectivity index (χ1n) is 10.2. The predicted octanol–water partition coefficient (Wildman–Crippen LogP) is 2.07. The largest absolute Gasteiger partial charge is 0.461 e. The minimum absolute atomic E-state index is 0.140. The summed E-state index contributed by atoms with van der Waals surface area (Å²) in [5, 5.41) is 14.1. The fourth-order valence-corrected chi connectivity index (χ4v) is 3.36. The van der Waals surface area contributed by atoms with E-state index in [9.17, 15) is 9.59 Å². The molecule has 4 rings (SSSR count). The third-order valence-electron chi connectivity index (χ3n) is 4.87. The molecule has 1 atom stereocenters. The smallest absolute Gasteiger partial charge is 0.356 e. The number of hydrogen-bond acceptors (Lipinski definition) is 7. The van der Waals surface area contributed by atoms with Crippen molar-refractivity contribution >= 4 is 17.6 Å². The van der Waals surface area contributed by atoms with E-state index in [0.29, 0.717) is 35.9 Å². The number of hydrogen-bond donors (Lipinski definition) is 3. The van der Waals surface area contributed by atoms with Crippen LogP contribution in [0.25, 0.3) is 11.3 Å². The van der Waals surface area contributed by atoms with Crippen molar-refractivity contribution in [2.75, 3.05) is 31.6 Å². The number of carbonyl (C=O) groups is 2. The molecule has 1 fully saturated rings. The van der Waals surface area contributed by atoms with Crippen LogP contribution in [0.2, 0.25) is 0 Å². The molecule has 9 heteroatoms. The van der Waals surface area contributed by atoms with E-state index in [1.807, 2.05) is 12.1 Å². The minimum atomic E-state index is -0.409. The Bertz CT molecular complexity index is 1040. The number of aromatic nitrogens is 3. The van der Waals surface area contributed by atoms with Crippen LogP contribution in [0.3, 0.4) is 0 Å². The van der Waals surface area contributed by atoms with Crippen molar-refractivity contribution in [3.63, 3.8) is 0 Å². The maximum Gasteiger partial charge on any atom is 0.356 e. The van der Waals surface area contributed by atoms with Crippen molar-refractivity contribution < 1.29 is 14.3 Å². The van der Waals surface area contributed by atoms with Crippen LogP contribution in [0.5, 0.6) is 0 Å². The molecule has 1 aromatic carbocycles. The van der Waals surface area contributed by atoms with Gasteiger partial charge in [0.2, 0.25) is 0 Å². The van der Waals surface area contributed by atoms with Gasteiger partial charge in [0.15, 0.2) is 0 Å². The zero-order chi connectivity index (χ0) is 21.6. The summed E-state index contributed by atoms with van der Waals surface area (Å²) in [6, 6.07) is 14.2. The van der Waals surface area contributed by atoms with E-state index in [-0.39, 0.29) is 12.1 Å². The number of rotatable bonds is 6. The molecule has 3 aromatic rings. The number of nitrogens with zero attached hydrogens (tertiary/aromatic N) is 3. The van der Waals surface area contributed by atoms with Gasteiger partial charge in [-0.15, -0.1) is 0 Å². The summed E-state index contributed by atoms with van der Waals surface area (Å²) >= 11 is 0. The Morgan fingerprint density at radius 2 is 2.03 bits per heavy atom. The summed E-state index contributed by atoms with van der Waals surface area (Å²) in [4.78, 5) is 28.8. The van der Waals surface area contributed by atoms with Crippen LogP contribution in [-0.4, -0.2) is 52.9 Å². The van der Waals surface area contributed by atoms with Gasteiger partial charge in [0.05, 0.1) is 12.3 Å². The molecule has 0 saturated carbocycles. The van der Waals surface area contributed by atoms with Crippen molar-refractivity contribution in [1.82, 2.24) is 25.4 Å². The first-order chi connectivity index (χ1) is 15.2. The molecule has 1 aliphatic rings. The van der Waals surface area contributed by atoms with E-state index < -0.39 is 5.97 Å². The molecule has 1 unspecified atom stereocenters. The number of pyridine rings is 1. The highest BCUT2D eigenvalue weighted by Gasteiger charge is 2.24. The number of amides is 1. The SMILES string of the molecule is CCOC(=O)c1cc(-c2ccc(NC(=O)c3ccccn3)cc2)nn1C1CNCCN1. The Morgan fingerprint density at radius 3 is 2.71 bits per heavy atom. The van der Waals surface area contributed by atoms with Gasteiger partial charge in [-0.2, -0.15) is 5.10 Å². The van der Waals surface area contributed by atoms with E-state index in [2.05, 4.69) is 26.0 Å². The normalized spacial score (nSPS) is 16.0. The molecule has 1 aliphatic heterocycles. The van der Waals surface area contributed by atoms with E-state index in [4.69, 9.17) is 4.74 Å². The molecular formula is C22H24N6O3. The number of ether oxygens (including phenoxy) is 1. The zero-order valence-electron chi connectivity index (χ0n) is 17.2. The first kappa shape index (κ1) is 20.7. The molecule has 0 radical (unpaired) electrons. The standard InChI is InChI=1S/C22H24N6O3/c1-2-31-22(30)19-13-18(27-28(19)20-14-23-11-12-25-20)15-6-8-16(9-7-15)26-21(29)17-5-3-4-10-24-17/h3-10,13,20,23,25H,2,11-12,14H2,1H3,(H,26,29). The van der Waals surface area contributed by atoms with Crippen LogP contribution in [0, 0.1) is 0 Å². The first-order valence-corrected chi connectivity index (χ1v) is 10.2. The van der Waals surface area contributed by atoms with Gasteiger partial charge in [-0.05, 0) is 37.3 Å². The van der Waals surface area contributed by atoms with Gasteiger partial charge in [0.25, 0.3) is 5.91 Å². The Morgan fingerprint density at radius 1 is 1.19 bits per heavy atom. The predicted molar refractivity (Wildman–Crippen MR) is 116 cm³/mol. The topological polar surface area (TPSA) is 110 Å². The molecule has 3 N–H and O–H groups in total. The lowest BCUT2D eigenvalue weighted by Crippen LogP contribution is -2.46. The monoisotopic (exact) mass is 420 g/mol. The fraction of sp³-hybridized carbons (Fsp3) is 0.273. The molecular weight excluding hydrogens is 396 g/mol. The van der Waals surface area contributed by atoms with Gasteiger partial charge in [0.1, 0.15) is 17.6 Å². The highest BCUT2D eigenvalue weighted by atomic mass is 16.5. The van der Waals surface area contributed by atoms with Crippen LogP contribution in [-0.2, 0) is 4.74 Å². The van der Waals surface area contributed by atoms with Gasteiger partial charge in [-0.25, -0.2) is 9.48 Å². The molecule has 0 bridgehead atoms. The Labute approximate surface area is 179 Å². The van der Waals surface area contributed by atoms with Crippen molar-refractivity contribution in [2.45, 2.75) is 13.1 Å². The van der Waals surface area contributed by atoms with Crippen molar-refractivity contribution in [2.24, 2.45) is 0 Å². The van der Waals surface area contributed by atoms with Crippen LogP contribution < -0.4 is 16.0 Å². The van der Waals surface area contributed by atoms with Crippen molar-refractivity contribution in [1.29, 1.82) is 0 Å². The van der Waals surface area contributed by atoms with Gasteiger partial charge >= 0.3 is 5.97 Å². The van der Waals surface area contributed by atoms with Crippen LogP contribution in [0.15, 0.2) is 54.7 Å². The quantitative estimate of drug-likeness (QED) is 0.524. The number of piperazine rings is 1. The molecule has 0 aliphatic carbocycles. The Kier molecular flexibility index (Phi) is 6.34. The second kappa shape index (κ2) is 9.50. The van der Waals surface area contributed by atoms with Crippen LogP contribution >= 0.6 is 0 Å². The van der Waals surface area contributed by atoms with E-state index in [1.54, 1.807) is 54.2 Å². The number of esters is 1. The van der Waals surface area contributed by atoms with E-state index in [1.165, 1.54) is 0 Å². The number of anilines is 1. The number of benzene rings is 1. The van der Waals surface area contributed by atoms with Crippen LogP contribution in [0.4, 0.5) is 5.69 Å². The van der Waals surface area contributed by atoms with E-state index >= 15 is 0 Å². The van der Waals surface area contributed by atoms with Gasteiger partial charge in [-0.3, -0.25) is 15.1 Å². The molecule has 1 saturated heterocycles. The Hall–Kier alpha value is -3.56. The molecule has 31 heavy (non-hydrogen) atoms. The molecule has 160 valence electrons. The molecule has 2 aromatic heterocycles. The average molecular weight is 420 g/mol. The summed E-state index contributed by atoms with van der Waals surface area (Å²) in [5.41, 5.74) is 2.85. The average Bonchev–Trinajstić information content (AvgIpc) is 3.27.